The zero-order chi connectivity index (χ0) is 16.1. The van der Waals surface area contributed by atoms with Gasteiger partial charge < -0.3 is 9.64 Å². The van der Waals surface area contributed by atoms with E-state index in [0.717, 1.165) is 23.2 Å². The molecule has 1 atom stereocenters. The molecule has 0 saturated carbocycles. The quantitative estimate of drug-likeness (QED) is 0.869. The summed E-state index contributed by atoms with van der Waals surface area (Å²) in [4.78, 5) is 22.6. The molecule has 0 unspecified atom stereocenters. The number of morpholine rings is 1. The molecule has 0 aliphatic carbocycles. The van der Waals surface area contributed by atoms with Crippen molar-refractivity contribution in [3.05, 3.63) is 59.7 Å². The van der Waals surface area contributed by atoms with Crippen molar-refractivity contribution in [1.82, 2.24) is 14.9 Å². The summed E-state index contributed by atoms with van der Waals surface area (Å²) in [7, 11) is 0. The molecular formula is C18H21N3O2. The topological polar surface area (TPSA) is 55.3 Å². The fraction of sp³-hybridized carbons (Fsp3) is 0.389. The van der Waals surface area contributed by atoms with E-state index in [4.69, 9.17) is 4.74 Å². The second kappa shape index (κ2) is 7.33. The van der Waals surface area contributed by atoms with Crippen LogP contribution >= 0.6 is 0 Å². The summed E-state index contributed by atoms with van der Waals surface area (Å²) in [6.07, 6.45) is 6.52. The Hall–Kier alpha value is -2.27. The lowest BCUT2D eigenvalue weighted by Gasteiger charge is -2.33. The summed E-state index contributed by atoms with van der Waals surface area (Å²) < 4.78 is 5.83. The largest absolute Gasteiger partial charge is 0.370 e. The summed E-state index contributed by atoms with van der Waals surface area (Å²) in [5.41, 5.74) is 3.14. The molecule has 1 aliphatic heterocycles. The summed E-state index contributed by atoms with van der Waals surface area (Å²) in [6, 6.07) is 7.88. The van der Waals surface area contributed by atoms with Crippen LogP contribution in [0.3, 0.4) is 0 Å². The first kappa shape index (κ1) is 15.6. The van der Waals surface area contributed by atoms with Gasteiger partial charge in [0.25, 0.3) is 0 Å². The fourth-order valence-corrected chi connectivity index (χ4v) is 2.80. The first-order valence-corrected chi connectivity index (χ1v) is 7.93. The zero-order valence-electron chi connectivity index (χ0n) is 13.3. The Balaban J connectivity index is 1.58. The van der Waals surface area contributed by atoms with Crippen molar-refractivity contribution in [2.24, 2.45) is 0 Å². The minimum absolute atomic E-state index is 0.0622. The Morgan fingerprint density at radius 3 is 3.09 bits per heavy atom. The molecule has 0 spiro atoms. The number of amides is 1. The summed E-state index contributed by atoms with van der Waals surface area (Å²) in [5.74, 6) is 0.174. The molecule has 0 bridgehead atoms. The van der Waals surface area contributed by atoms with Gasteiger partial charge in [-0.3, -0.25) is 14.8 Å². The van der Waals surface area contributed by atoms with Crippen molar-refractivity contribution in [2.75, 3.05) is 19.7 Å². The van der Waals surface area contributed by atoms with Crippen LogP contribution in [0.1, 0.15) is 29.3 Å². The number of nitrogens with zero attached hydrogens (tertiary/aromatic N) is 3. The average molecular weight is 311 g/mol. The van der Waals surface area contributed by atoms with Crippen LogP contribution in [0.15, 0.2) is 42.9 Å². The Morgan fingerprint density at radius 1 is 1.39 bits per heavy atom. The van der Waals surface area contributed by atoms with Gasteiger partial charge in [-0.1, -0.05) is 6.07 Å². The highest BCUT2D eigenvalue weighted by Crippen LogP contribution is 2.23. The molecule has 2 aromatic heterocycles. The highest BCUT2D eigenvalue weighted by Gasteiger charge is 2.25. The molecule has 3 heterocycles. The van der Waals surface area contributed by atoms with Gasteiger partial charge in [0.2, 0.25) is 5.91 Å². The van der Waals surface area contributed by atoms with E-state index in [2.05, 4.69) is 9.97 Å². The van der Waals surface area contributed by atoms with E-state index in [9.17, 15) is 4.79 Å². The van der Waals surface area contributed by atoms with Crippen LogP contribution in [-0.4, -0.2) is 40.5 Å². The maximum Gasteiger partial charge on any atom is 0.223 e. The van der Waals surface area contributed by atoms with Crippen molar-refractivity contribution < 1.29 is 9.53 Å². The molecule has 120 valence electrons. The molecule has 1 aliphatic rings. The van der Waals surface area contributed by atoms with E-state index >= 15 is 0 Å². The van der Waals surface area contributed by atoms with E-state index in [0.29, 0.717) is 26.1 Å². The summed E-state index contributed by atoms with van der Waals surface area (Å²) >= 11 is 0. The monoisotopic (exact) mass is 311 g/mol. The van der Waals surface area contributed by atoms with Crippen LogP contribution in [-0.2, 0) is 16.0 Å². The third kappa shape index (κ3) is 4.13. The highest BCUT2D eigenvalue weighted by atomic mass is 16.5. The van der Waals surface area contributed by atoms with Gasteiger partial charge >= 0.3 is 0 Å². The van der Waals surface area contributed by atoms with Crippen molar-refractivity contribution in [1.29, 1.82) is 0 Å². The molecule has 1 fully saturated rings. The molecule has 23 heavy (non-hydrogen) atoms. The number of carbonyl (C=O) groups is 1. The van der Waals surface area contributed by atoms with Gasteiger partial charge in [-0.25, -0.2) is 0 Å². The molecular weight excluding hydrogens is 290 g/mol. The molecule has 3 rings (SSSR count). The maximum atomic E-state index is 12.5. The minimum atomic E-state index is -0.0622. The number of hydrogen-bond acceptors (Lipinski definition) is 4. The number of aromatic nitrogens is 2. The summed E-state index contributed by atoms with van der Waals surface area (Å²) in [6.45, 7) is 3.80. The van der Waals surface area contributed by atoms with Gasteiger partial charge in [0, 0.05) is 37.3 Å². The molecule has 0 N–H and O–H groups in total. The van der Waals surface area contributed by atoms with Gasteiger partial charge in [0.05, 0.1) is 13.2 Å². The molecule has 5 heteroatoms. The SMILES string of the molecule is Cc1cc([C@@H]2CN(C(=O)CCc3cccnc3)CCO2)ccn1. The number of carbonyl (C=O) groups excluding carboxylic acids is 1. The van der Waals surface area contributed by atoms with Crippen molar-refractivity contribution in [2.45, 2.75) is 25.9 Å². The van der Waals surface area contributed by atoms with Crippen LogP contribution < -0.4 is 0 Å². The van der Waals surface area contributed by atoms with E-state index in [1.54, 1.807) is 12.4 Å². The minimum Gasteiger partial charge on any atom is -0.370 e. The Kier molecular flexibility index (Phi) is 4.98. The van der Waals surface area contributed by atoms with Crippen molar-refractivity contribution in [3.8, 4) is 0 Å². The Labute approximate surface area is 136 Å². The highest BCUT2D eigenvalue weighted by molar-refractivity contribution is 5.76. The lowest BCUT2D eigenvalue weighted by molar-refractivity contribution is -0.139. The standard InChI is InChI=1S/C18H21N3O2/c1-14-11-16(6-8-20-14)17-13-21(9-10-23-17)18(22)5-4-15-3-2-7-19-12-15/h2-3,6-8,11-12,17H,4-5,9-10,13H2,1H3/t17-/m0/s1. The van der Waals surface area contributed by atoms with Gasteiger partial charge in [-0.15, -0.1) is 0 Å². The van der Waals surface area contributed by atoms with Gasteiger partial charge in [0.1, 0.15) is 6.10 Å². The first-order chi connectivity index (χ1) is 11.2. The Bertz CT molecular complexity index is 660. The van der Waals surface area contributed by atoms with Gasteiger partial charge in [0.15, 0.2) is 0 Å². The molecule has 2 aromatic rings. The normalized spacial score (nSPS) is 18.0. The van der Waals surface area contributed by atoms with Crippen LogP contribution in [0.2, 0.25) is 0 Å². The smallest absolute Gasteiger partial charge is 0.223 e. The van der Waals surface area contributed by atoms with Gasteiger partial charge in [-0.05, 0) is 42.7 Å². The fourth-order valence-electron chi connectivity index (χ4n) is 2.80. The molecule has 0 radical (unpaired) electrons. The zero-order valence-corrected chi connectivity index (χ0v) is 13.3. The van der Waals surface area contributed by atoms with Crippen LogP contribution in [0.25, 0.3) is 0 Å². The third-order valence-corrected chi connectivity index (χ3v) is 4.06. The number of aryl methyl sites for hydroxylation is 2. The number of ether oxygens (including phenoxy) is 1. The van der Waals surface area contributed by atoms with Crippen molar-refractivity contribution >= 4 is 5.91 Å². The van der Waals surface area contributed by atoms with Gasteiger partial charge in [-0.2, -0.15) is 0 Å². The number of pyridine rings is 2. The number of rotatable bonds is 4. The Morgan fingerprint density at radius 2 is 2.30 bits per heavy atom. The van der Waals surface area contributed by atoms with Crippen molar-refractivity contribution in [3.63, 3.8) is 0 Å². The van der Waals surface area contributed by atoms with E-state index in [1.807, 2.05) is 42.3 Å². The maximum absolute atomic E-state index is 12.5. The second-order valence-electron chi connectivity index (χ2n) is 5.79. The van der Waals surface area contributed by atoms with E-state index in [-0.39, 0.29) is 12.0 Å². The lowest BCUT2D eigenvalue weighted by atomic mass is 10.1. The second-order valence-corrected chi connectivity index (χ2v) is 5.79. The first-order valence-electron chi connectivity index (χ1n) is 7.93. The predicted octanol–water partition coefficient (Wildman–Crippen LogP) is 2.32. The molecule has 0 aromatic carbocycles. The average Bonchev–Trinajstić information content (AvgIpc) is 2.61. The van der Waals surface area contributed by atoms with Crippen LogP contribution in [0, 0.1) is 6.92 Å². The third-order valence-electron chi connectivity index (χ3n) is 4.06. The van der Waals surface area contributed by atoms with E-state index < -0.39 is 0 Å². The lowest BCUT2D eigenvalue weighted by Crippen LogP contribution is -2.42. The molecule has 1 amide bonds. The van der Waals surface area contributed by atoms with Crippen LogP contribution in [0.4, 0.5) is 0 Å². The molecule has 1 saturated heterocycles. The number of hydrogen-bond donors (Lipinski definition) is 0. The predicted molar refractivity (Wildman–Crippen MR) is 86.8 cm³/mol. The van der Waals surface area contributed by atoms with Crippen LogP contribution in [0.5, 0.6) is 0 Å². The van der Waals surface area contributed by atoms with E-state index in [1.165, 1.54) is 0 Å². The molecule has 5 nitrogen and oxygen atoms in total. The summed E-state index contributed by atoms with van der Waals surface area (Å²) in [5, 5.41) is 0.